The van der Waals surface area contributed by atoms with Crippen molar-refractivity contribution in [3.63, 3.8) is 0 Å². The van der Waals surface area contributed by atoms with Crippen LogP contribution in [0.15, 0.2) is 66.7 Å². The number of fused-ring (bicyclic) bond motifs is 1. The Morgan fingerprint density at radius 1 is 0.812 bits per heavy atom. The number of aryl methyl sites for hydroxylation is 1. The van der Waals surface area contributed by atoms with Crippen molar-refractivity contribution >= 4 is 34.1 Å². The van der Waals surface area contributed by atoms with E-state index in [4.69, 9.17) is 0 Å². The van der Waals surface area contributed by atoms with Crippen LogP contribution < -0.4 is 16.0 Å². The first-order valence-corrected chi connectivity index (χ1v) is 11.6. The van der Waals surface area contributed by atoms with Gasteiger partial charge in [0.1, 0.15) is 0 Å². The van der Waals surface area contributed by atoms with Crippen molar-refractivity contribution in [2.75, 3.05) is 10.6 Å². The highest BCUT2D eigenvalue weighted by molar-refractivity contribution is 6.01. The van der Waals surface area contributed by atoms with Crippen molar-refractivity contribution in [2.24, 2.45) is 0 Å². The second-order valence-electron chi connectivity index (χ2n) is 8.55. The second kappa shape index (κ2) is 10.8. The van der Waals surface area contributed by atoms with E-state index in [1.165, 1.54) is 24.8 Å². The van der Waals surface area contributed by atoms with Gasteiger partial charge in [0.05, 0.1) is 0 Å². The maximum Gasteiger partial charge on any atom is 0.323 e. The molecule has 3 aromatic carbocycles. The topological polar surface area (TPSA) is 70.2 Å². The van der Waals surface area contributed by atoms with E-state index in [9.17, 15) is 9.59 Å². The summed E-state index contributed by atoms with van der Waals surface area (Å²) in [6.45, 7) is 0. The SMILES string of the molecule is O=C(CCCc1cccc2ccc(NC(=O)Nc3ccccc3)cc12)NC1CCCCC1. The predicted octanol–water partition coefficient (Wildman–Crippen LogP) is 6.26. The van der Waals surface area contributed by atoms with Gasteiger partial charge >= 0.3 is 6.03 Å². The number of para-hydroxylation sites is 1. The van der Waals surface area contributed by atoms with Gasteiger partial charge in [-0.3, -0.25) is 4.79 Å². The highest BCUT2D eigenvalue weighted by Gasteiger charge is 2.15. The number of carbonyl (C=O) groups is 2. The molecule has 0 saturated heterocycles. The molecule has 0 radical (unpaired) electrons. The minimum atomic E-state index is -0.271. The number of rotatable bonds is 7. The first-order chi connectivity index (χ1) is 15.7. The Morgan fingerprint density at radius 3 is 2.41 bits per heavy atom. The summed E-state index contributed by atoms with van der Waals surface area (Å²) >= 11 is 0. The molecule has 3 aromatic rings. The number of anilines is 2. The number of hydrogen-bond donors (Lipinski definition) is 3. The maximum atomic E-state index is 12.3. The molecule has 1 fully saturated rings. The third kappa shape index (κ3) is 6.10. The molecule has 0 spiro atoms. The molecule has 0 aliphatic heterocycles. The standard InChI is InChI=1S/C27H31N3O2/c31-26(28-22-12-3-1-4-13-22)16-8-11-20-9-7-10-21-17-18-24(19-25(20)21)30-27(32)29-23-14-5-2-6-15-23/h2,5-7,9-10,14-15,17-19,22H,1,3-4,8,11-13,16H2,(H,28,31)(H2,29,30,32). The van der Waals surface area contributed by atoms with Gasteiger partial charge in [0, 0.05) is 23.8 Å². The Hall–Kier alpha value is -3.34. The van der Waals surface area contributed by atoms with Crippen molar-refractivity contribution in [3.8, 4) is 0 Å². The number of benzene rings is 3. The minimum absolute atomic E-state index is 0.164. The Morgan fingerprint density at radius 2 is 1.59 bits per heavy atom. The smallest absolute Gasteiger partial charge is 0.323 e. The van der Waals surface area contributed by atoms with Gasteiger partial charge in [-0.1, -0.05) is 61.7 Å². The highest BCUT2D eigenvalue weighted by Crippen LogP contribution is 2.25. The summed E-state index contributed by atoms with van der Waals surface area (Å²) in [5.41, 5.74) is 2.69. The van der Waals surface area contributed by atoms with Crippen molar-refractivity contribution in [3.05, 3.63) is 72.3 Å². The van der Waals surface area contributed by atoms with E-state index < -0.39 is 0 Å². The molecule has 0 heterocycles. The lowest BCUT2D eigenvalue weighted by Crippen LogP contribution is -2.36. The molecular formula is C27H31N3O2. The van der Waals surface area contributed by atoms with Crippen molar-refractivity contribution in [1.29, 1.82) is 0 Å². The zero-order valence-corrected chi connectivity index (χ0v) is 18.4. The molecule has 3 N–H and O–H groups in total. The quantitative estimate of drug-likeness (QED) is 0.415. The molecule has 1 saturated carbocycles. The zero-order chi connectivity index (χ0) is 22.2. The summed E-state index contributed by atoms with van der Waals surface area (Å²) < 4.78 is 0. The van der Waals surface area contributed by atoms with Crippen LogP contribution in [0, 0.1) is 0 Å². The molecule has 0 bridgehead atoms. The van der Waals surface area contributed by atoms with Crippen LogP contribution in [0.25, 0.3) is 10.8 Å². The van der Waals surface area contributed by atoms with Gasteiger partial charge in [-0.2, -0.15) is 0 Å². The molecular weight excluding hydrogens is 398 g/mol. The van der Waals surface area contributed by atoms with Gasteiger partial charge in [0.15, 0.2) is 0 Å². The Balaban J connectivity index is 1.35. The maximum absolute atomic E-state index is 12.3. The average molecular weight is 430 g/mol. The fraction of sp³-hybridized carbons (Fsp3) is 0.333. The number of urea groups is 1. The number of amides is 3. The van der Waals surface area contributed by atoms with E-state index in [2.05, 4.69) is 34.1 Å². The molecule has 3 amide bonds. The largest absolute Gasteiger partial charge is 0.353 e. The molecule has 0 unspecified atom stereocenters. The van der Waals surface area contributed by atoms with Gasteiger partial charge < -0.3 is 16.0 Å². The fourth-order valence-corrected chi connectivity index (χ4v) is 4.43. The lowest BCUT2D eigenvalue weighted by molar-refractivity contribution is -0.122. The van der Waals surface area contributed by atoms with Gasteiger partial charge in [-0.25, -0.2) is 4.79 Å². The molecule has 5 heteroatoms. The van der Waals surface area contributed by atoms with Gasteiger partial charge in [0.2, 0.25) is 5.91 Å². The third-order valence-corrected chi connectivity index (χ3v) is 6.08. The van der Waals surface area contributed by atoms with Crippen LogP contribution >= 0.6 is 0 Å². The molecule has 32 heavy (non-hydrogen) atoms. The van der Waals surface area contributed by atoms with E-state index in [0.29, 0.717) is 12.5 Å². The fourth-order valence-electron chi connectivity index (χ4n) is 4.43. The first-order valence-electron chi connectivity index (χ1n) is 11.6. The summed E-state index contributed by atoms with van der Waals surface area (Å²) in [7, 11) is 0. The Kier molecular flexibility index (Phi) is 7.38. The number of hydrogen-bond acceptors (Lipinski definition) is 2. The van der Waals surface area contributed by atoms with Crippen LogP contribution in [0.1, 0.15) is 50.5 Å². The Labute approximate surface area is 189 Å². The van der Waals surface area contributed by atoms with E-state index in [0.717, 1.165) is 47.8 Å². The normalized spacial score (nSPS) is 14.1. The monoisotopic (exact) mass is 429 g/mol. The van der Waals surface area contributed by atoms with E-state index >= 15 is 0 Å². The number of carbonyl (C=O) groups excluding carboxylic acids is 2. The lowest BCUT2D eigenvalue weighted by atomic mass is 9.95. The molecule has 0 atom stereocenters. The zero-order valence-electron chi connectivity index (χ0n) is 18.4. The van der Waals surface area contributed by atoms with Crippen molar-refractivity contribution in [1.82, 2.24) is 5.32 Å². The number of nitrogens with one attached hydrogen (secondary N) is 3. The van der Waals surface area contributed by atoms with Gasteiger partial charge in [-0.15, -0.1) is 0 Å². The molecule has 1 aliphatic carbocycles. The van der Waals surface area contributed by atoms with E-state index in [1.807, 2.05) is 48.5 Å². The predicted molar refractivity (Wildman–Crippen MR) is 131 cm³/mol. The van der Waals surface area contributed by atoms with Gasteiger partial charge in [-0.05, 0) is 66.3 Å². The first kappa shape index (κ1) is 21.9. The van der Waals surface area contributed by atoms with Crippen LogP contribution in [0.2, 0.25) is 0 Å². The van der Waals surface area contributed by atoms with E-state index in [-0.39, 0.29) is 11.9 Å². The second-order valence-corrected chi connectivity index (χ2v) is 8.55. The van der Waals surface area contributed by atoms with Crippen LogP contribution in [0.3, 0.4) is 0 Å². The average Bonchev–Trinajstić information content (AvgIpc) is 2.80. The van der Waals surface area contributed by atoms with Crippen LogP contribution in [-0.4, -0.2) is 18.0 Å². The summed E-state index contributed by atoms with van der Waals surface area (Å²) in [6.07, 6.45) is 8.15. The lowest BCUT2D eigenvalue weighted by Gasteiger charge is -2.22. The summed E-state index contributed by atoms with van der Waals surface area (Å²) in [5.74, 6) is 0.164. The molecule has 1 aliphatic rings. The molecule has 4 rings (SSSR count). The van der Waals surface area contributed by atoms with Crippen LogP contribution in [-0.2, 0) is 11.2 Å². The minimum Gasteiger partial charge on any atom is -0.353 e. The van der Waals surface area contributed by atoms with Crippen LogP contribution in [0.5, 0.6) is 0 Å². The van der Waals surface area contributed by atoms with E-state index in [1.54, 1.807) is 0 Å². The van der Waals surface area contributed by atoms with Crippen molar-refractivity contribution in [2.45, 2.75) is 57.4 Å². The van der Waals surface area contributed by atoms with Crippen LogP contribution in [0.4, 0.5) is 16.2 Å². The molecule has 166 valence electrons. The third-order valence-electron chi connectivity index (χ3n) is 6.08. The Bertz CT molecular complexity index is 1060. The molecule has 0 aromatic heterocycles. The summed E-state index contributed by atoms with van der Waals surface area (Å²) in [6, 6.07) is 21.6. The molecule has 5 nitrogen and oxygen atoms in total. The highest BCUT2D eigenvalue weighted by atomic mass is 16.2. The van der Waals surface area contributed by atoms with Crippen molar-refractivity contribution < 1.29 is 9.59 Å². The summed E-state index contributed by atoms with van der Waals surface area (Å²) in [4.78, 5) is 24.7. The summed E-state index contributed by atoms with van der Waals surface area (Å²) in [5, 5.41) is 11.2. The van der Waals surface area contributed by atoms with Gasteiger partial charge in [0.25, 0.3) is 0 Å².